The molecule has 1 saturated heterocycles. The predicted molar refractivity (Wildman–Crippen MR) is 85.5 cm³/mol. The molecule has 0 saturated carbocycles. The molecule has 0 spiro atoms. The molecule has 2 aliphatic rings. The van der Waals surface area contributed by atoms with Gasteiger partial charge in [-0.05, 0) is 32.0 Å². The molecule has 0 aliphatic carbocycles. The van der Waals surface area contributed by atoms with E-state index in [4.69, 9.17) is 16.3 Å². The number of halogens is 4. The minimum absolute atomic E-state index is 0.104. The molecule has 2 bridgehead atoms. The summed E-state index contributed by atoms with van der Waals surface area (Å²) < 4.78 is 46.2. The fraction of sp³-hybridized carbons (Fsp3) is 0.412. The first-order valence-electron chi connectivity index (χ1n) is 7.83. The Balaban J connectivity index is 1.97. The van der Waals surface area contributed by atoms with Crippen molar-refractivity contribution in [1.29, 1.82) is 0 Å². The van der Waals surface area contributed by atoms with E-state index < -0.39 is 45.8 Å². The Morgan fingerprint density at radius 2 is 1.81 bits per heavy atom. The number of benzene rings is 1. The first kappa shape index (κ1) is 17.5. The molecule has 4 rings (SSSR count). The normalized spacial score (nSPS) is 30.0. The quantitative estimate of drug-likeness (QED) is 0.693. The van der Waals surface area contributed by atoms with Crippen LogP contribution < -0.4 is 0 Å². The number of ether oxygens (including phenoxy) is 1. The van der Waals surface area contributed by atoms with Gasteiger partial charge in [-0.1, -0.05) is 11.6 Å². The summed E-state index contributed by atoms with van der Waals surface area (Å²) in [6.45, 7) is 3.22. The van der Waals surface area contributed by atoms with Gasteiger partial charge in [-0.15, -0.1) is 0 Å². The Bertz CT molecular complexity index is 941. The molecule has 2 aromatic rings. The molecule has 0 radical (unpaired) electrons. The Hall–Kier alpha value is -1.90. The Labute approximate surface area is 151 Å². The smallest absolute Gasteiger partial charge is 0.417 e. The molecule has 3 heterocycles. The lowest BCUT2D eigenvalue weighted by Gasteiger charge is -2.25. The zero-order valence-electron chi connectivity index (χ0n) is 13.7. The van der Waals surface area contributed by atoms with E-state index in [-0.39, 0.29) is 23.2 Å². The van der Waals surface area contributed by atoms with Crippen LogP contribution in [0.25, 0.3) is 5.69 Å². The van der Waals surface area contributed by atoms with Crippen molar-refractivity contribution >= 4 is 11.6 Å². The molecule has 5 nitrogen and oxygen atoms in total. The van der Waals surface area contributed by atoms with Gasteiger partial charge < -0.3 is 20.1 Å². The van der Waals surface area contributed by atoms with Gasteiger partial charge in [-0.2, -0.15) is 13.2 Å². The molecule has 0 amide bonds. The van der Waals surface area contributed by atoms with Crippen LogP contribution in [0.1, 0.15) is 37.0 Å². The summed E-state index contributed by atoms with van der Waals surface area (Å²) in [5.74, 6) is -0.899. The van der Waals surface area contributed by atoms with Crippen LogP contribution in [0, 0.1) is 0 Å². The molecule has 0 unspecified atom stereocenters. The van der Waals surface area contributed by atoms with Crippen LogP contribution in [0.4, 0.5) is 13.2 Å². The van der Waals surface area contributed by atoms with Gasteiger partial charge in [0.2, 0.25) is 11.8 Å². The molecular formula is C17H15ClF3NO4. The number of hydrogen-bond donors (Lipinski definition) is 3. The van der Waals surface area contributed by atoms with E-state index in [2.05, 4.69) is 0 Å². The van der Waals surface area contributed by atoms with Gasteiger partial charge in [-0.3, -0.25) is 4.57 Å². The van der Waals surface area contributed by atoms with E-state index in [9.17, 15) is 28.5 Å². The van der Waals surface area contributed by atoms with E-state index in [0.29, 0.717) is 0 Å². The monoisotopic (exact) mass is 389 g/mol. The molecule has 9 heteroatoms. The maximum absolute atomic E-state index is 13.1. The highest BCUT2D eigenvalue weighted by molar-refractivity contribution is 6.31. The molecule has 1 aromatic carbocycles. The van der Waals surface area contributed by atoms with Gasteiger partial charge in [0, 0.05) is 6.42 Å². The number of nitrogens with zero attached hydrogens (tertiary/aromatic N) is 1. The highest BCUT2D eigenvalue weighted by atomic mass is 35.5. The van der Waals surface area contributed by atoms with Gasteiger partial charge in [-0.25, -0.2) is 0 Å². The molecule has 26 heavy (non-hydrogen) atoms. The Morgan fingerprint density at radius 1 is 1.19 bits per heavy atom. The second-order valence-electron chi connectivity index (χ2n) is 7.05. The lowest BCUT2D eigenvalue weighted by atomic mass is 9.78. The van der Waals surface area contributed by atoms with Crippen molar-refractivity contribution in [2.24, 2.45) is 0 Å². The fourth-order valence-electron chi connectivity index (χ4n) is 4.14. The molecule has 3 atom stereocenters. The molecule has 140 valence electrons. The van der Waals surface area contributed by atoms with Crippen LogP contribution in [0.5, 0.6) is 11.8 Å². The minimum Gasteiger partial charge on any atom is -0.494 e. The average molecular weight is 390 g/mol. The van der Waals surface area contributed by atoms with E-state index in [1.807, 2.05) is 0 Å². The van der Waals surface area contributed by atoms with Crippen molar-refractivity contribution in [2.45, 2.75) is 43.8 Å². The van der Waals surface area contributed by atoms with Crippen molar-refractivity contribution in [1.82, 2.24) is 4.57 Å². The highest BCUT2D eigenvalue weighted by Crippen LogP contribution is 2.64. The van der Waals surface area contributed by atoms with E-state index in [1.54, 1.807) is 13.8 Å². The molecule has 1 aromatic heterocycles. The maximum atomic E-state index is 13.1. The van der Waals surface area contributed by atoms with Crippen LogP contribution >= 0.6 is 11.6 Å². The SMILES string of the molecule is C[C@@]12O[C@@](C)(C[C@@H]1O)c1c2c(O)n(-c2ccc(Cl)c(C(F)(F)F)c2)c1O. The van der Waals surface area contributed by atoms with Gasteiger partial charge in [0.15, 0.2) is 0 Å². The lowest BCUT2D eigenvalue weighted by molar-refractivity contribution is -0.137. The summed E-state index contributed by atoms with van der Waals surface area (Å²) in [7, 11) is 0. The number of alkyl halides is 3. The second kappa shape index (κ2) is 4.88. The third kappa shape index (κ3) is 2.00. The number of aliphatic hydroxyl groups excluding tert-OH is 1. The minimum atomic E-state index is -4.69. The molecule has 1 fully saturated rings. The predicted octanol–water partition coefficient (Wildman–Crippen LogP) is 3.79. The number of aromatic hydroxyl groups is 2. The first-order valence-corrected chi connectivity index (χ1v) is 8.21. The third-order valence-electron chi connectivity index (χ3n) is 5.32. The summed E-state index contributed by atoms with van der Waals surface area (Å²) >= 11 is 5.64. The number of rotatable bonds is 1. The lowest BCUT2D eigenvalue weighted by Crippen LogP contribution is -2.32. The topological polar surface area (TPSA) is 74.8 Å². The summed E-state index contributed by atoms with van der Waals surface area (Å²) in [5.41, 5.74) is -3.04. The van der Waals surface area contributed by atoms with Crippen molar-refractivity contribution in [3.63, 3.8) is 0 Å². The second-order valence-corrected chi connectivity index (χ2v) is 7.46. The summed E-state index contributed by atoms with van der Waals surface area (Å²) in [5, 5.41) is 31.1. The van der Waals surface area contributed by atoms with Crippen molar-refractivity contribution in [2.75, 3.05) is 0 Å². The highest BCUT2D eigenvalue weighted by Gasteiger charge is 2.64. The van der Waals surface area contributed by atoms with Gasteiger partial charge in [0.25, 0.3) is 0 Å². The van der Waals surface area contributed by atoms with Crippen LogP contribution in [0.15, 0.2) is 18.2 Å². The molecule has 3 N–H and O–H groups in total. The summed E-state index contributed by atoms with van der Waals surface area (Å²) in [6, 6.07) is 3.06. The fourth-order valence-corrected chi connectivity index (χ4v) is 4.37. The number of hydrogen-bond acceptors (Lipinski definition) is 4. The zero-order chi connectivity index (χ0) is 19.2. The average Bonchev–Trinajstić information content (AvgIpc) is 3.01. The van der Waals surface area contributed by atoms with Crippen molar-refractivity contribution < 1.29 is 33.2 Å². The first-order chi connectivity index (χ1) is 11.9. The van der Waals surface area contributed by atoms with Crippen LogP contribution in [0.3, 0.4) is 0 Å². The van der Waals surface area contributed by atoms with E-state index >= 15 is 0 Å². The zero-order valence-corrected chi connectivity index (χ0v) is 14.5. The Kier molecular flexibility index (Phi) is 3.28. The number of aromatic nitrogens is 1. The summed E-state index contributed by atoms with van der Waals surface area (Å²) in [4.78, 5) is 0. The number of aliphatic hydroxyl groups is 1. The van der Waals surface area contributed by atoms with E-state index in [0.717, 1.165) is 16.7 Å². The van der Waals surface area contributed by atoms with Gasteiger partial charge in [0.1, 0.15) is 5.60 Å². The molecule has 2 aliphatic heterocycles. The maximum Gasteiger partial charge on any atom is 0.417 e. The number of fused-ring (bicyclic) bond motifs is 5. The summed E-state index contributed by atoms with van der Waals surface area (Å²) in [6.07, 6.45) is -5.41. The van der Waals surface area contributed by atoms with Crippen LogP contribution in [0.2, 0.25) is 5.02 Å². The third-order valence-corrected chi connectivity index (χ3v) is 5.65. The van der Waals surface area contributed by atoms with Crippen molar-refractivity contribution in [3.8, 4) is 17.4 Å². The van der Waals surface area contributed by atoms with E-state index in [1.165, 1.54) is 6.07 Å². The largest absolute Gasteiger partial charge is 0.494 e. The van der Waals surface area contributed by atoms with Gasteiger partial charge in [0.05, 0.1) is 39.1 Å². The standard InChI is InChI=1S/C17H15ClF3NO4/c1-15-6-10(23)16(2,26-15)12-11(15)13(24)22(14(12)25)7-3-4-9(18)8(5-7)17(19,20)21/h3-5,10,23-25H,6H2,1-2H3/t10-,15-,16+/m0/s1. The van der Waals surface area contributed by atoms with Crippen LogP contribution in [-0.2, 0) is 22.1 Å². The van der Waals surface area contributed by atoms with Crippen LogP contribution in [-0.4, -0.2) is 26.0 Å². The molecular weight excluding hydrogens is 375 g/mol. The van der Waals surface area contributed by atoms with Gasteiger partial charge >= 0.3 is 6.18 Å². The Morgan fingerprint density at radius 3 is 2.42 bits per heavy atom. The van der Waals surface area contributed by atoms with Crippen molar-refractivity contribution in [3.05, 3.63) is 39.9 Å².